The van der Waals surface area contributed by atoms with Gasteiger partial charge >= 0.3 is 0 Å². The number of hydrogen-bond acceptors (Lipinski definition) is 2. The van der Waals surface area contributed by atoms with Crippen LogP contribution in [0.25, 0.3) is 10.9 Å². The third kappa shape index (κ3) is 2.89. The van der Waals surface area contributed by atoms with Gasteiger partial charge in [-0.1, -0.05) is 32.9 Å². The van der Waals surface area contributed by atoms with Gasteiger partial charge in [0.25, 0.3) is 0 Å². The third-order valence-electron chi connectivity index (χ3n) is 6.52. The van der Waals surface area contributed by atoms with Gasteiger partial charge in [-0.05, 0) is 42.9 Å². The Morgan fingerprint density at radius 2 is 1.96 bits per heavy atom. The molecular formula is C21H29N3O2. The maximum atomic E-state index is 13.1. The zero-order valence-electron chi connectivity index (χ0n) is 16.1. The topological polar surface area (TPSA) is 74.0 Å². The highest BCUT2D eigenvalue weighted by Crippen LogP contribution is 2.56. The first kappa shape index (κ1) is 18.5. The monoisotopic (exact) mass is 355 g/mol. The van der Waals surface area contributed by atoms with Gasteiger partial charge in [0, 0.05) is 36.1 Å². The summed E-state index contributed by atoms with van der Waals surface area (Å²) in [5, 5.41) is 7.18. The van der Waals surface area contributed by atoms with E-state index in [-0.39, 0.29) is 17.7 Å². The van der Waals surface area contributed by atoms with Gasteiger partial charge in [-0.15, -0.1) is 0 Å². The van der Waals surface area contributed by atoms with Crippen molar-refractivity contribution in [3.63, 3.8) is 0 Å². The highest BCUT2D eigenvalue weighted by atomic mass is 16.2. The standard InChI is InChI=1S/C21H29N3O2/c1-5-22-18(25)16-9-11-21(4,20(16,2)3)19(26)24-13-14-7-6-8-17-15(14)10-12-23-17/h6-8,10,12,16,23H,5,9,11,13H2,1-4H3,(H,22,25)(H,24,26)/t16-,21+/m1/s1. The van der Waals surface area contributed by atoms with Crippen LogP contribution in [-0.2, 0) is 16.1 Å². The summed E-state index contributed by atoms with van der Waals surface area (Å²) in [4.78, 5) is 28.7. The van der Waals surface area contributed by atoms with E-state index < -0.39 is 10.8 Å². The van der Waals surface area contributed by atoms with Crippen molar-refractivity contribution in [1.82, 2.24) is 15.6 Å². The van der Waals surface area contributed by atoms with Crippen LogP contribution in [0.4, 0.5) is 0 Å². The average Bonchev–Trinajstić information content (AvgIpc) is 3.16. The molecule has 3 N–H and O–H groups in total. The number of fused-ring (bicyclic) bond motifs is 1. The van der Waals surface area contributed by atoms with Gasteiger partial charge in [-0.3, -0.25) is 9.59 Å². The highest BCUT2D eigenvalue weighted by molar-refractivity contribution is 5.88. The van der Waals surface area contributed by atoms with Gasteiger partial charge in [0.2, 0.25) is 11.8 Å². The lowest BCUT2D eigenvalue weighted by Gasteiger charge is -2.40. The molecule has 1 aliphatic rings. The lowest BCUT2D eigenvalue weighted by Crippen LogP contribution is -2.49. The fraction of sp³-hybridized carbons (Fsp3) is 0.524. The van der Waals surface area contributed by atoms with Crippen molar-refractivity contribution >= 4 is 22.7 Å². The van der Waals surface area contributed by atoms with Crippen molar-refractivity contribution < 1.29 is 9.59 Å². The number of hydrogen-bond donors (Lipinski definition) is 3. The summed E-state index contributed by atoms with van der Waals surface area (Å²) in [6.45, 7) is 9.13. The third-order valence-corrected chi connectivity index (χ3v) is 6.52. The molecule has 0 bridgehead atoms. The second-order valence-corrected chi connectivity index (χ2v) is 8.08. The molecule has 0 spiro atoms. The molecule has 2 aromatic rings. The van der Waals surface area contributed by atoms with E-state index in [0.717, 1.165) is 29.3 Å². The van der Waals surface area contributed by atoms with E-state index in [9.17, 15) is 9.59 Å². The number of rotatable bonds is 5. The van der Waals surface area contributed by atoms with Crippen LogP contribution in [0.5, 0.6) is 0 Å². The molecule has 0 unspecified atom stereocenters. The van der Waals surface area contributed by atoms with Crippen LogP contribution in [0.3, 0.4) is 0 Å². The number of amides is 2. The summed E-state index contributed by atoms with van der Waals surface area (Å²) < 4.78 is 0. The lowest BCUT2D eigenvalue weighted by molar-refractivity contribution is -0.139. The Balaban J connectivity index is 1.75. The number of nitrogens with one attached hydrogen (secondary N) is 3. The van der Waals surface area contributed by atoms with Crippen molar-refractivity contribution in [2.75, 3.05) is 6.54 Å². The molecule has 2 amide bonds. The summed E-state index contributed by atoms with van der Waals surface area (Å²) in [5.74, 6) is -0.0424. The normalized spacial score (nSPS) is 24.5. The minimum absolute atomic E-state index is 0.0295. The summed E-state index contributed by atoms with van der Waals surface area (Å²) >= 11 is 0. The van der Waals surface area contributed by atoms with Crippen LogP contribution >= 0.6 is 0 Å². The SMILES string of the molecule is CCNC(=O)[C@H]1CC[C@@](C)(C(=O)NCc2cccc3[nH]ccc23)C1(C)C. The molecule has 5 nitrogen and oxygen atoms in total. The maximum Gasteiger partial charge on any atom is 0.226 e. The number of aromatic nitrogens is 1. The number of carbonyl (C=O) groups excluding carboxylic acids is 2. The molecule has 140 valence electrons. The first-order chi connectivity index (χ1) is 12.3. The second-order valence-electron chi connectivity index (χ2n) is 8.08. The summed E-state index contributed by atoms with van der Waals surface area (Å²) in [5.41, 5.74) is 1.21. The molecule has 5 heteroatoms. The zero-order valence-corrected chi connectivity index (χ0v) is 16.1. The number of benzene rings is 1. The number of H-pyrrole nitrogens is 1. The fourth-order valence-corrected chi connectivity index (χ4v) is 4.34. The molecule has 1 aromatic heterocycles. The van der Waals surface area contributed by atoms with E-state index in [2.05, 4.69) is 15.6 Å². The second kappa shape index (κ2) is 6.78. The molecule has 3 rings (SSSR count). The van der Waals surface area contributed by atoms with Crippen molar-refractivity contribution in [2.24, 2.45) is 16.7 Å². The summed E-state index contributed by atoms with van der Waals surface area (Å²) in [7, 11) is 0. The van der Waals surface area contributed by atoms with Gasteiger partial charge in [-0.25, -0.2) is 0 Å². The van der Waals surface area contributed by atoms with Crippen molar-refractivity contribution in [2.45, 2.75) is 47.1 Å². The quantitative estimate of drug-likeness (QED) is 0.769. The van der Waals surface area contributed by atoms with Gasteiger partial charge in [0.1, 0.15) is 0 Å². The summed E-state index contributed by atoms with van der Waals surface area (Å²) in [6, 6.07) is 8.09. The van der Waals surface area contributed by atoms with Crippen molar-refractivity contribution in [3.05, 3.63) is 36.0 Å². The molecule has 1 heterocycles. The van der Waals surface area contributed by atoms with Gasteiger partial charge in [0.15, 0.2) is 0 Å². The van der Waals surface area contributed by atoms with E-state index in [4.69, 9.17) is 0 Å². The summed E-state index contributed by atoms with van der Waals surface area (Å²) in [6.07, 6.45) is 3.38. The van der Waals surface area contributed by atoms with E-state index in [1.165, 1.54) is 0 Å². The van der Waals surface area contributed by atoms with Gasteiger partial charge < -0.3 is 15.6 Å². The molecule has 0 aliphatic heterocycles. The first-order valence-electron chi connectivity index (χ1n) is 9.42. The van der Waals surface area contributed by atoms with Crippen LogP contribution in [0.2, 0.25) is 0 Å². The molecule has 1 aromatic carbocycles. The molecule has 0 saturated heterocycles. The van der Waals surface area contributed by atoms with Crippen LogP contribution in [-0.4, -0.2) is 23.3 Å². The molecule has 2 atom stereocenters. The maximum absolute atomic E-state index is 13.1. The lowest BCUT2D eigenvalue weighted by atomic mass is 9.65. The number of aromatic amines is 1. The van der Waals surface area contributed by atoms with E-state index in [1.807, 2.05) is 58.2 Å². The molecule has 0 radical (unpaired) electrons. The van der Waals surface area contributed by atoms with Crippen LogP contribution in [0.1, 0.15) is 46.1 Å². The Hall–Kier alpha value is -2.30. The Bertz CT molecular complexity index is 824. The molecule has 1 aliphatic carbocycles. The van der Waals surface area contributed by atoms with Gasteiger partial charge in [-0.2, -0.15) is 0 Å². The smallest absolute Gasteiger partial charge is 0.226 e. The van der Waals surface area contributed by atoms with E-state index in [1.54, 1.807) is 0 Å². The largest absolute Gasteiger partial charge is 0.361 e. The molecule has 1 fully saturated rings. The predicted octanol–water partition coefficient (Wildman–Crippen LogP) is 3.36. The van der Waals surface area contributed by atoms with E-state index in [0.29, 0.717) is 13.1 Å². The highest BCUT2D eigenvalue weighted by Gasteiger charge is 2.57. The van der Waals surface area contributed by atoms with E-state index >= 15 is 0 Å². The number of carbonyl (C=O) groups is 2. The fourth-order valence-electron chi connectivity index (χ4n) is 4.34. The molecule has 1 saturated carbocycles. The van der Waals surface area contributed by atoms with Gasteiger partial charge in [0.05, 0.1) is 5.41 Å². The zero-order chi connectivity index (χ0) is 18.9. The first-order valence-corrected chi connectivity index (χ1v) is 9.42. The van der Waals surface area contributed by atoms with Crippen molar-refractivity contribution in [1.29, 1.82) is 0 Å². The Kier molecular flexibility index (Phi) is 4.82. The molecule has 26 heavy (non-hydrogen) atoms. The Morgan fingerprint density at radius 1 is 1.19 bits per heavy atom. The van der Waals surface area contributed by atoms with Crippen LogP contribution in [0, 0.1) is 16.7 Å². The minimum Gasteiger partial charge on any atom is -0.361 e. The Labute approximate surface area is 154 Å². The van der Waals surface area contributed by atoms with Crippen LogP contribution in [0.15, 0.2) is 30.5 Å². The predicted molar refractivity (Wildman–Crippen MR) is 103 cm³/mol. The minimum atomic E-state index is -0.561. The van der Waals surface area contributed by atoms with Crippen LogP contribution < -0.4 is 10.6 Å². The Morgan fingerprint density at radius 3 is 2.69 bits per heavy atom. The molecular weight excluding hydrogens is 326 g/mol. The van der Waals surface area contributed by atoms with Crippen molar-refractivity contribution in [3.8, 4) is 0 Å². The average molecular weight is 355 g/mol.